The first-order chi connectivity index (χ1) is 13.9. The first kappa shape index (κ1) is 20.6. The lowest BCUT2D eigenvalue weighted by molar-refractivity contribution is -0.155. The number of anilines is 1. The van der Waals surface area contributed by atoms with Crippen LogP contribution in [0.25, 0.3) is 0 Å². The number of hydrogen-bond acceptors (Lipinski definition) is 5. The molecule has 0 N–H and O–H groups in total. The van der Waals surface area contributed by atoms with Gasteiger partial charge in [-0.1, -0.05) is 25.1 Å². The summed E-state index contributed by atoms with van der Waals surface area (Å²) in [5.74, 6) is -0.380. The first-order valence-electron chi connectivity index (χ1n) is 9.77. The van der Waals surface area contributed by atoms with Crippen molar-refractivity contribution >= 4 is 23.3 Å². The zero-order valence-corrected chi connectivity index (χ0v) is 16.9. The highest BCUT2D eigenvalue weighted by Gasteiger charge is 2.34. The van der Waals surface area contributed by atoms with Gasteiger partial charge < -0.3 is 14.4 Å². The number of para-hydroxylation sites is 1. The van der Waals surface area contributed by atoms with Gasteiger partial charge >= 0.3 is 5.97 Å². The van der Waals surface area contributed by atoms with Gasteiger partial charge in [-0.3, -0.25) is 9.59 Å². The molecular formula is C23H25NO5. The zero-order chi connectivity index (χ0) is 21.0. The summed E-state index contributed by atoms with van der Waals surface area (Å²) in [5, 5.41) is 0. The molecule has 0 saturated carbocycles. The van der Waals surface area contributed by atoms with Gasteiger partial charge in [-0.2, -0.15) is 0 Å². The summed E-state index contributed by atoms with van der Waals surface area (Å²) in [6, 6.07) is 14.3. The Hall–Kier alpha value is -3.15. The molecule has 2 aromatic rings. The lowest BCUT2D eigenvalue weighted by Crippen LogP contribution is -2.43. The molecule has 29 heavy (non-hydrogen) atoms. The van der Waals surface area contributed by atoms with Gasteiger partial charge in [0.15, 0.2) is 18.5 Å². The van der Waals surface area contributed by atoms with Crippen LogP contribution in [-0.4, -0.2) is 36.4 Å². The van der Waals surface area contributed by atoms with Crippen LogP contribution in [0, 0.1) is 0 Å². The zero-order valence-electron chi connectivity index (χ0n) is 16.9. The number of carbonyl (C=O) groups is 3. The van der Waals surface area contributed by atoms with E-state index >= 15 is 0 Å². The van der Waals surface area contributed by atoms with E-state index in [0.29, 0.717) is 17.7 Å². The number of amides is 1. The Morgan fingerprint density at radius 2 is 1.79 bits per heavy atom. The van der Waals surface area contributed by atoms with Gasteiger partial charge in [0.05, 0.1) is 0 Å². The van der Waals surface area contributed by atoms with Crippen molar-refractivity contribution in [1.82, 2.24) is 0 Å². The molecule has 1 aliphatic heterocycles. The van der Waals surface area contributed by atoms with Crippen LogP contribution in [0.4, 0.5) is 5.69 Å². The van der Waals surface area contributed by atoms with Gasteiger partial charge in [0.25, 0.3) is 5.91 Å². The molecule has 0 unspecified atom stereocenters. The third-order valence-corrected chi connectivity index (χ3v) is 4.95. The molecule has 0 radical (unpaired) electrons. The number of hydrogen-bond donors (Lipinski definition) is 0. The van der Waals surface area contributed by atoms with Gasteiger partial charge in [0.2, 0.25) is 0 Å². The third-order valence-electron chi connectivity index (χ3n) is 4.95. The largest absolute Gasteiger partial charge is 0.482 e. The van der Waals surface area contributed by atoms with Crippen LogP contribution in [-0.2, 0) is 20.7 Å². The minimum absolute atomic E-state index is 0.0154. The van der Waals surface area contributed by atoms with E-state index < -0.39 is 12.1 Å². The molecule has 2 aromatic carbocycles. The molecule has 0 aromatic heterocycles. The molecule has 0 bridgehead atoms. The number of ether oxygens (including phenoxy) is 2. The predicted molar refractivity (Wildman–Crippen MR) is 109 cm³/mol. The van der Waals surface area contributed by atoms with Gasteiger partial charge in [-0.05, 0) is 56.2 Å². The number of ketones is 1. The number of nitrogens with zero attached hydrogens (tertiary/aromatic N) is 1. The van der Waals surface area contributed by atoms with Gasteiger partial charge in [-0.25, -0.2) is 4.79 Å². The van der Waals surface area contributed by atoms with Gasteiger partial charge in [0.1, 0.15) is 5.75 Å². The average molecular weight is 395 g/mol. The number of esters is 1. The first-order valence-corrected chi connectivity index (χ1v) is 9.77. The van der Waals surface area contributed by atoms with Crippen molar-refractivity contribution in [3.8, 4) is 5.75 Å². The van der Waals surface area contributed by atoms with Crippen LogP contribution in [0.5, 0.6) is 5.75 Å². The Morgan fingerprint density at radius 3 is 2.48 bits per heavy atom. The molecule has 152 valence electrons. The average Bonchev–Trinajstić information content (AvgIpc) is 3.07. The number of benzene rings is 2. The second-order valence-corrected chi connectivity index (χ2v) is 7.11. The molecule has 0 fully saturated rings. The topological polar surface area (TPSA) is 72.9 Å². The summed E-state index contributed by atoms with van der Waals surface area (Å²) in [4.78, 5) is 38.3. The second kappa shape index (κ2) is 8.90. The quantitative estimate of drug-likeness (QED) is 0.529. The summed E-state index contributed by atoms with van der Waals surface area (Å²) in [6.07, 6.45) is 0.296. The monoisotopic (exact) mass is 395 g/mol. The van der Waals surface area contributed by atoms with E-state index in [2.05, 4.69) is 0 Å². The predicted octanol–water partition coefficient (Wildman–Crippen LogP) is 3.57. The highest BCUT2D eigenvalue weighted by Crippen LogP contribution is 2.32. The van der Waals surface area contributed by atoms with Gasteiger partial charge in [-0.15, -0.1) is 0 Å². The highest BCUT2D eigenvalue weighted by atomic mass is 16.6. The fourth-order valence-corrected chi connectivity index (χ4v) is 3.46. The fourth-order valence-electron chi connectivity index (χ4n) is 3.46. The molecule has 3 rings (SSSR count). The van der Waals surface area contributed by atoms with E-state index in [0.717, 1.165) is 17.7 Å². The SMILES string of the molecule is CCC(=O)c1ccc(OCC(=O)O[C@@H](C)C(=O)N2c3ccccc3C[C@H]2C)cc1. The number of Topliss-reactive ketones (excluding diaryl/α,β-unsaturated/α-hetero) is 1. The molecule has 1 amide bonds. The summed E-state index contributed by atoms with van der Waals surface area (Å²) >= 11 is 0. The van der Waals surface area contributed by atoms with Crippen molar-refractivity contribution in [2.45, 2.75) is 45.8 Å². The molecule has 1 aliphatic rings. The molecular weight excluding hydrogens is 370 g/mol. The maximum absolute atomic E-state index is 12.8. The minimum Gasteiger partial charge on any atom is -0.482 e. The normalized spacial score (nSPS) is 16.1. The van der Waals surface area contributed by atoms with Crippen molar-refractivity contribution in [2.75, 3.05) is 11.5 Å². The summed E-state index contributed by atoms with van der Waals surface area (Å²) < 4.78 is 10.7. The molecule has 0 saturated heterocycles. The molecule has 0 spiro atoms. The standard InChI is InChI=1S/C23H25NO5/c1-4-21(25)17-9-11-19(12-10-17)28-14-22(26)29-16(3)23(27)24-15(2)13-18-7-5-6-8-20(18)24/h5-12,15-16H,4,13-14H2,1-3H3/t15-,16+/m1/s1. The second-order valence-electron chi connectivity index (χ2n) is 7.11. The lowest BCUT2D eigenvalue weighted by atomic mass is 10.1. The van der Waals surface area contributed by atoms with E-state index in [9.17, 15) is 14.4 Å². The molecule has 0 aliphatic carbocycles. The van der Waals surface area contributed by atoms with E-state index in [1.54, 1.807) is 43.0 Å². The van der Waals surface area contributed by atoms with Crippen LogP contribution in [0.3, 0.4) is 0 Å². The maximum atomic E-state index is 12.8. The van der Waals surface area contributed by atoms with E-state index in [1.165, 1.54) is 0 Å². The minimum atomic E-state index is -0.913. The molecule has 6 nitrogen and oxygen atoms in total. The van der Waals surface area contributed by atoms with Crippen molar-refractivity contribution in [3.05, 3.63) is 59.7 Å². The lowest BCUT2D eigenvalue weighted by Gasteiger charge is -2.25. The number of fused-ring (bicyclic) bond motifs is 1. The Balaban J connectivity index is 1.54. The van der Waals surface area contributed by atoms with Crippen LogP contribution >= 0.6 is 0 Å². The van der Waals surface area contributed by atoms with Crippen LogP contribution in [0.15, 0.2) is 48.5 Å². The highest BCUT2D eigenvalue weighted by molar-refractivity contribution is 5.99. The smallest absolute Gasteiger partial charge is 0.344 e. The molecule has 2 atom stereocenters. The summed E-state index contributed by atoms with van der Waals surface area (Å²) in [6.45, 7) is 5.03. The Bertz CT molecular complexity index is 906. The number of carbonyl (C=O) groups excluding carboxylic acids is 3. The molecule has 1 heterocycles. The van der Waals surface area contributed by atoms with E-state index in [1.807, 2.05) is 31.2 Å². The fraction of sp³-hybridized carbons (Fsp3) is 0.348. The van der Waals surface area contributed by atoms with Crippen LogP contribution in [0.1, 0.15) is 43.1 Å². The van der Waals surface area contributed by atoms with Crippen LogP contribution < -0.4 is 9.64 Å². The summed E-state index contributed by atoms with van der Waals surface area (Å²) in [5.41, 5.74) is 2.58. The van der Waals surface area contributed by atoms with Crippen molar-refractivity contribution < 1.29 is 23.9 Å². The van der Waals surface area contributed by atoms with E-state index in [4.69, 9.17) is 9.47 Å². The van der Waals surface area contributed by atoms with Gasteiger partial charge in [0, 0.05) is 23.7 Å². The van der Waals surface area contributed by atoms with Crippen LogP contribution in [0.2, 0.25) is 0 Å². The van der Waals surface area contributed by atoms with Crippen molar-refractivity contribution in [3.63, 3.8) is 0 Å². The Morgan fingerprint density at radius 1 is 1.10 bits per heavy atom. The maximum Gasteiger partial charge on any atom is 0.344 e. The Kier molecular flexibility index (Phi) is 6.32. The number of rotatable bonds is 7. The third kappa shape index (κ3) is 4.65. The van der Waals surface area contributed by atoms with Crippen molar-refractivity contribution in [1.29, 1.82) is 0 Å². The van der Waals surface area contributed by atoms with E-state index in [-0.39, 0.29) is 24.3 Å². The Labute approximate surface area is 170 Å². The van der Waals surface area contributed by atoms with Crippen molar-refractivity contribution in [2.24, 2.45) is 0 Å². The summed E-state index contributed by atoms with van der Waals surface area (Å²) in [7, 11) is 0. The molecule has 6 heteroatoms.